The lowest BCUT2D eigenvalue weighted by atomic mass is 9.99. The average molecular weight is 204 g/mol. The van der Waals surface area contributed by atoms with E-state index in [1.54, 1.807) is 7.11 Å². The molecule has 0 aromatic heterocycles. The second-order valence-electron chi connectivity index (χ2n) is 3.73. The van der Waals surface area contributed by atoms with Crippen molar-refractivity contribution in [2.45, 2.75) is 39.2 Å². The molecule has 1 N–H and O–H groups in total. The Balaban J connectivity index is 3.36. The molecule has 0 saturated heterocycles. The van der Waals surface area contributed by atoms with Crippen LogP contribution >= 0.6 is 0 Å². The molecule has 0 spiro atoms. The molecule has 2 unspecified atom stereocenters. The van der Waals surface area contributed by atoms with Gasteiger partial charge in [-0.1, -0.05) is 13.8 Å². The Morgan fingerprint density at radius 3 is 2.43 bits per heavy atom. The molecule has 86 valence electrons. The van der Waals surface area contributed by atoms with E-state index in [4.69, 9.17) is 9.47 Å². The van der Waals surface area contributed by atoms with Crippen LogP contribution in [0.5, 0.6) is 0 Å². The van der Waals surface area contributed by atoms with Crippen molar-refractivity contribution in [3.8, 4) is 0 Å². The Labute approximate surface area is 87.4 Å². The van der Waals surface area contributed by atoms with E-state index in [2.05, 4.69) is 6.92 Å². The van der Waals surface area contributed by atoms with Crippen molar-refractivity contribution in [1.82, 2.24) is 0 Å². The van der Waals surface area contributed by atoms with Crippen LogP contribution in [0.25, 0.3) is 0 Å². The number of rotatable bonds is 9. The highest BCUT2D eigenvalue weighted by Crippen LogP contribution is 2.11. The number of aliphatic hydroxyl groups is 1. The van der Waals surface area contributed by atoms with Gasteiger partial charge >= 0.3 is 0 Å². The molecule has 0 aromatic rings. The maximum absolute atomic E-state index is 9.71. The number of hydrogen-bond acceptors (Lipinski definition) is 3. The van der Waals surface area contributed by atoms with Gasteiger partial charge in [-0.25, -0.2) is 0 Å². The fourth-order valence-electron chi connectivity index (χ4n) is 1.23. The third kappa shape index (κ3) is 7.30. The van der Waals surface area contributed by atoms with E-state index in [1.165, 1.54) is 0 Å². The summed E-state index contributed by atoms with van der Waals surface area (Å²) in [6, 6.07) is 0. The molecule has 0 aliphatic carbocycles. The van der Waals surface area contributed by atoms with Crippen LogP contribution in [0.4, 0.5) is 0 Å². The molecular formula is C11H24O3. The summed E-state index contributed by atoms with van der Waals surface area (Å²) >= 11 is 0. The minimum Gasteiger partial charge on any atom is -0.393 e. The van der Waals surface area contributed by atoms with E-state index in [-0.39, 0.29) is 6.10 Å². The van der Waals surface area contributed by atoms with E-state index in [0.717, 1.165) is 25.9 Å². The summed E-state index contributed by atoms with van der Waals surface area (Å²) in [5.74, 6) is 0.292. The van der Waals surface area contributed by atoms with Crippen molar-refractivity contribution in [3.63, 3.8) is 0 Å². The van der Waals surface area contributed by atoms with E-state index < -0.39 is 0 Å². The summed E-state index contributed by atoms with van der Waals surface area (Å²) in [7, 11) is 1.68. The zero-order chi connectivity index (χ0) is 10.8. The summed E-state index contributed by atoms with van der Waals surface area (Å²) in [5.41, 5.74) is 0. The monoisotopic (exact) mass is 204 g/mol. The molecule has 0 rings (SSSR count). The topological polar surface area (TPSA) is 38.7 Å². The lowest BCUT2D eigenvalue weighted by molar-refractivity contribution is 0.0447. The SMILES string of the molecule is CCCOCCC(O)C(C)CCOC. The highest BCUT2D eigenvalue weighted by atomic mass is 16.5. The summed E-state index contributed by atoms with van der Waals surface area (Å²) < 4.78 is 10.3. The molecule has 2 atom stereocenters. The predicted molar refractivity (Wildman–Crippen MR) is 57.4 cm³/mol. The largest absolute Gasteiger partial charge is 0.393 e. The quantitative estimate of drug-likeness (QED) is 0.582. The fourth-order valence-corrected chi connectivity index (χ4v) is 1.23. The highest BCUT2D eigenvalue weighted by Gasteiger charge is 2.13. The van der Waals surface area contributed by atoms with Gasteiger partial charge < -0.3 is 14.6 Å². The van der Waals surface area contributed by atoms with Gasteiger partial charge in [-0.2, -0.15) is 0 Å². The predicted octanol–water partition coefficient (Wildman–Crippen LogP) is 1.84. The van der Waals surface area contributed by atoms with Gasteiger partial charge in [0.05, 0.1) is 6.10 Å². The highest BCUT2D eigenvalue weighted by molar-refractivity contribution is 4.63. The zero-order valence-corrected chi connectivity index (χ0v) is 9.66. The normalized spacial score (nSPS) is 15.4. The minimum atomic E-state index is -0.262. The van der Waals surface area contributed by atoms with E-state index in [9.17, 15) is 5.11 Å². The molecule has 0 fully saturated rings. The van der Waals surface area contributed by atoms with Crippen molar-refractivity contribution >= 4 is 0 Å². The van der Waals surface area contributed by atoms with Crippen LogP contribution in [0, 0.1) is 5.92 Å². The smallest absolute Gasteiger partial charge is 0.0588 e. The maximum atomic E-state index is 9.71. The molecular weight excluding hydrogens is 180 g/mol. The van der Waals surface area contributed by atoms with Gasteiger partial charge in [-0.3, -0.25) is 0 Å². The lowest BCUT2D eigenvalue weighted by Crippen LogP contribution is -2.21. The van der Waals surface area contributed by atoms with Crippen LogP contribution in [-0.4, -0.2) is 38.1 Å². The fraction of sp³-hybridized carbons (Fsp3) is 1.00. The third-order valence-corrected chi connectivity index (χ3v) is 2.34. The molecule has 3 nitrogen and oxygen atoms in total. The Morgan fingerprint density at radius 2 is 1.86 bits per heavy atom. The second-order valence-corrected chi connectivity index (χ2v) is 3.73. The Kier molecular flexibility index (Phi) is 9.35. The summed E-state index contributed by atoms with van der Waals surface area (Å²) in [4.78, 5) is 0. The van der Waals surface area contributed by atoms with Gasteiger partial charge in [0, 0.05) is 26.9 Å². The molecule has 0 saturated carbocycles. The van der Waals surface area contributed by atoms with Crippen LogP contribution in [0.3, 0.4) is 0 Å². The Bertz CT molecular complexity index is 117. The van der Waals surface area contributed by atoms with Gasteiger partial charge in [0.2, 0.25) is 0 Å². The third-order valence-electron chi connectivity index (χ3n) is 2.34. The van der Waals surface area contributed by atoms with Crippen LogP contribution < -0.4 is 0 Å². The van der Waals surface area contributed by atoms with E-state index in [0.29, 0.717) is 19.1 Å². The standard InChI is InChI=1S/C11H24O3/c1-4-7-14-9-6-11(12)10(2)5-8-13-3/h10-12H,4-9H2,1-3H3. The van der Waals surface area contributed by atoms with Gasteiger partial charge in [0.1, 0.15) is 0 Å². The first kappa shape index (κ1) is 13.9. The van der Waals surface area contributed by atoms with Gasteiger partial charge in [0.25, 0.3) is 0 Å². The second kappa shape index (κ2) is 9.44. The molecule has 3 heteroatoms. The molecule has 0 aliphatic rings. The number of methoxy groups -OCH3 is 1. The first-order chi connectivity index (χ1) is 6.72. The summed E-state index contributed by atoms with van der Waals surface area (Å²) in [5, 5.41) is 9.71. The minimum absolute atomic E-state index is 0.262. The van der Waals surface area contributed by atoms with Crippen molar-refractivity contribution in [2.75, 3.05) is 26.9 Å². The van der Waals surface area contributed by atoms with Crippen LogP contribution in [0.15, 0.2) is 0 Å². The van der Waals surface area contributed by atoms with E-state index in [1.807, 2.05) is 6.92 Å². The van der Waals surface area contributed by atoms with Crippen LogP contribution in [-0.2, 0) is 9.47 Å². The molecule has 0 heterocycles. The molecule has 0 radical (unpaired) electrons. The van der Waals surface area contributed by atoms with Crippen molar-refractivity contribution in [1.29, 1.82) is 0 Å². The molecule has 0 amide bonds. The van der Waals surface area contributed by atoms with Crippen LogP contribution in [0.1, 0.15) is 33.1 Å². The maximum Gasteiger partial charge on any atom is 0.0588 e. The number of aliphatic hydroxyl groups excluding tert-OH is 1. The molecule has 14 heavy (non-hydrogen) atoms. The van der Waals surface area contributed by atoms with Crippen molar-refractivity contribution in [2.24, 2.45) is 5.92 Å². The number of hydrogen-bond donors (Lipinski definition) is 1. The molecule has 0 aromatic carbocycles. The van der Waals surface area contributed by atoms with Gasteiger partial charge in [-0.15, -0.1) is 0 Å². The van der Waals surface area contributed by atoms with Crippen molar-refractivity contribution in [3.05, 3.63) is 0 Å². The van der Waals surface area contributed by atoms with Crippen LogP contribution in [0.2, 0.25) is 0 Å². The lowest BCUT2D eigenvalue weighted by Gasteiger charge is -2.18. The number of ether oxygens (including phenoxy) is 2. The average Bonchev–Trinajstić information content (AvgIpc) is 2.20. The Hall–Kier alpha value is -0.120. The first-order valence-electron chi connectivity index (χ1n) is 5.47. The van der Waals surface area contributed by atoms with Gasteiger partial charge in [-0.05, 0) is 25.2 Å². The Morgan fingerprint density at radius 1 is 1.14 bits per heavy atom. The summed E-state index contributed by atoms with van der Waals surface area (Å²) in [6.07, 6.45) is 2.41. The zero-order valence-electron chi connectivity index (χ0n) is 9.66. The first-order valence-corrected chi connectivity index (χ1v) is 5.47. The van der Waals surface area contributed by atoms with Gasteiger partial charge in [0.15, 0.2) is 0 Å². The summed E-state index contributed by atoms with van der Waals surface area (Å²) in [6.45, 7) is 6.29. The molecule has 0 aliphatic heterocycles. The van der Waals surface area contributed by atoms with Crippen molar-refractivity contribution < 1.29 is 14.6 Å². The molecule has 0 bridgehead atoms. The van der Waals surface area contributed by atoms with E-state index >= 15 is 0 Å².